The van der Waals surface area contributed by atoms with Gasteiger partial charge in [0.1, 0.15) is 0 Å². The summed E-state index contributed by atoms with van der Waals surface area (Å²) in [6.07, 6.45) is 5.68. The second kappa shape index (κ2) is 8.29. The molecule has 4 heteroatoms. The van der Waals surface area contributed by atoms with Crippen LogP contribution in [0.5, 0.6) is 0 Å². The minimum atomic E-state index is 0.332. The zero-order valence-electron chi connectivity index (χ0n) is 10.4. The maximum Gasteiger partial charge on any atom is 0.222 e. The van der Waals surface area contributed by atoms with Crippen molar-refractivity contribution in [2.24, 2.45) is 0 Å². The molecular weight excluding hydrogens is 238 g/mol. The first kappa shape index (κ1) is 14.2. The predicted molar refractivity (Wildman–Crippen MR) is 74.9 cm³/mol. The van der Waals surface area contributed by atoms with E-state index in [4.69, 9.17) is 0 Å². The highest BCUT2D eigenvalue weighted by atomic mass is 33.1. The molecule has 94 valence electrons. The average Bonchev–Trinajstić information content (AvgIpc) is 2.79. The molecule has 2 nitrogen and oxygen atoms in total. The Morgan fingerprint density at radius 1 is 1.31 bits per heavy atom. The third-order valence-corrected chi connectivity index (χ3v) is 6.02. The molecule has 0 saturated carbocycles. The van der Waals surface area contributed by atoms with E-state index in [1.165, 1.54) is 25.0 Å². The van der Waals surface area contributed by atoms with E-state index in [1.807, 2.05) is 40.3 Å². The van der Waals surface area contributed by atoms with Crippen LogP contribution < -0.4 is 0 Å². The Labute approximate surface area is 107 Å². The van der Waals surface area contributed by atoms with E-state index in [1.54, 1.807) is 0 Å². The molecule has 1 aliphatic heterocycles. The van der Waals surface area contributed by atoms with E-state index < -0.39 is 0 Å². The lowest BCUT2D eigenvalue weighted by atomic mass is 10.1. The van der Waals surface area contributed by atoms with Gasteiger partial charge in [-0.1, -0.05) is 28.0 Å². The van der Waals surface area contributed by atoms with Crippen LogP contribution in [0.15, 0.2) is 0 Å². The molecule has 1 aliphatic rings. The van der Waals surface area contributed by atoms with Crippen molar-refractivity contribution in [2.45, 2.75) is 51.2 Å². The number of unbranched alkanes of at least 4 members (excludes halogenated alkanes) is 1. The first-order valence-electron chi connectivity index (χ1n) is 6.34. The van der Waals surface area contributed by atoms with E-state index in [0.29, 0.717) is 5.91 Å². The summed E-state index contributed by atoms with van der Waals surface area (Å²) >= 11 is 0. The van der Waals surface area contributed by atoms with Gasteiger partial charge in [-0.2, -0.15) is 0 Å². The second-order valence-corrected chi connectivity index (χ2v) is 6.93. The molecule has 1 heterocycles. The van der Waals surface area contributed by atoms with E-state index in [-0.39, 0.29) is 0 Å². The number of nitrogens with zero attached hydrogens (tertiary/aromatic N) is 1. The van der Waals surface area contributed by atoms with Crippen LogP contribution in [0.3, 0.4) is 0 Å². The van der Waals surface area contributed by atoms with Gasteiger partial charge in [-0.3, -0.25) is 4.79 Å². The lowest BCUT2D eigenvalue weighted by molar-refractivity contribution is -0.130. The Morgan fingerprint density at radius 2 is 2.06 bits per heavy atom. The summed E-state index contributed by atoms with van der Waals surface area (Å²) in [6.45, 7) is 5.80. The summed E-state index contributed by atoms with van der Waals surface area (Å²) in [6, 6.07) is 0. The quantitative estimate of drug-likeness (QED) is 0.516. The van der Waals surface area contributed by atoms with Crippen LogP contribution >= 0.6 is 21.6 Å². The highest BCUT2D eigenvalue weighted by Gasteiger charge is 2.16. The predicted octanol–water partition coefficient (Wildman–Crippen LogP) is 3.57. The van der Waals surface area contributed by atoms with Gasteiger partial charge in [0.15, 0.2) is 0 Å². The Hall–Kier alpha value is 0.170. The third-order valence-electron chi connectivity index (χ3n) is 3.01. The van der Waals surface area contributed by atoms with Crippen LogP contribution in [0.1, 0.15) is 46.0 Å². The smallest absolute Gasteiger partial charge is 0.222 e. The normalized spacial score (nSPS) is 20.0. The van der Waals surface area contributed by atoms with E-state index in [2.05, 4.69) is 0 Å². The molecule has 0 bridgehead atoms. The molecule has 1 rings (SSSR count). The third kappa shape index (κ3) is 5.00. The molecule has 0 radical (unpaired) electrons. The van der Waals surface area contributed by atoms with Crippen molar-refractivity contribution in [2.75, 3.05) is 18.8 Å². The van der Waals surface area contributed by atoms with Gasteiger partial charge in [0, 0.05) is 30.5 Å². The highest BCUT2D eigenvalue weighted by molar-refractivity contribution is 8.77. The van der Waals surface area contributed by atoms with Gasteiger partial charge in [-0.25, -0.2) is 0 Å². The van der Waals surface area contributed by atoms with E-state index in [9.17, 15) is 4.79 Å². The Kier molecular flexibility index (Phi) is 7.37. The molecule has 1 saturated heterocycles. The molecule has 0 N–H and O–H groups in total. The Bertz CT molecular complexity index is 201. The van der Waals surface area contributed by atoms with Gasteiger partial charge in [-0.15, -0.1) is 0 Å². The summed E-state index contributed by atoms with van der Waals surface area (Å²) < 4.78 is 0. The monoisotopic (exact) mass is 261 g/mol. The topological polar surface area (TPSA) is 20.3 Å². The fourth-order valence-corrected chi connectivity index (χ4v) is 4.97. The zero-order chi connectivity index (χ0) is 11.8. The number of carbonyl (C=O) groups is 1. The van der Waals surface area contributed by atoms with Gasteiger partial charge >= 0.3 is 0 Å². The van der Waals surface area contributed by atoms with Crippen LogP contribution in [-0.4, -0.2) is 34.9 Å². The van der Waals surface area contributed by atoms with Crippen molar-refractivity contribution in [3.05, 3.63) is 0 Å². The first-order chi connectivity index (χ1) is 7.77. The second-order valence-electron chi connectivity index (χ2n) is 4.14. The maximum atomic E-state index is 11.7. The molecule has 0 aromatic rings. The van der Waals surface area contributed by atoms with Crippen LogP contribution in [0.4, 0.5) is 0 Å². The van der Waals surface area contributed by atoms with Gasteiger partial charge in [-0.05, 0) is 33.1 Å². The lowest BCUT2D eigenvalue weighted by Gasteiger charge is -2.18. The van der Waals surface area contributed by atoms with Crippen LogP contribution in [0.2, 0.25) is 0 Å². The summed E-state index contributed by atoms with van der Waals surface area (Å²) in [5.74, 6) is 1.65. The number of carbonyl (C=O) groups excluding carboxylic acids is 1. The highest BCUT2D eigenvalue weighted by Crippen LogP contribution is 2.39. The van der Waals surface area contributed by atoms with Crippen LogP contribution in [0.25, 0.3) is 0 Å². The van der Waals surface area contributed by atoms with E-state index >= 15 is 0 Å². The molecule has 16 heavy (non-hydrogen) atoms. The molecule has 0 aromatic carbocycles. The fraction of sp³-hybridized carbons (Fsp3) is 0.917. The standard InChI is InChI=1S/C12H23NOS2/c1-3-13(4-2)12(14)8-6-5-7-11-9-10-15-16-11/h11H,3-10H2,1-2H3/t11-/m1/s1. The number of amides is 1. The maximum absolute atomic E-state index is 11.7. The molecule has 0 aromatic heterocycles. The van der Waals surface area contributed by atoms with Crippen molar-refractivity contribution in [3.8, 4) is 0 Å². The summed E-state index contributed by atoms with van der Waals surface area (Å²) in [5, 5.41) is 0.855. The van der Waals surface area contributed by atoms with Gasteiger partial charge in [0.05, 0.1) is 0 Å². The van der Waals surface area contributed by atoms with Crippen LogP contribution in [0, 0.1) is 0 Å². The van der Waals surface area contributed by atoms with Crippen molar-refractivity contribution >= 4 is 27.5 Å². The molecule has 0 aliphatic carbocycles. The molecule has 1 fully saturated rings. The average molecular weight is 261 g/mol. The van der Waals surface area contributed by atoms with Gasteiger partial charge in [0.2, 0.25) is 5.91 Å². The first-order valence-corrected chi connectivity index (χ1v) is 8.72. The minimum Gasteiger partial charge on any atom is -0.343 e. The summed E-state index contributed by atoms with van der Waals surface area (Å²) in [4.78, 5) is 13.6. The number of hydrogen-bond donors (Lipinski definition) is 0. The Balaban J connectivity index is 2.03. The minimum absolute atomic E-state index is 0.332. The van der Waals surface area contributed by atoms with Crippen molar-refractivity contribution in [1.29, 1.82) is 0 Å². The van der Waals surface area contributed by atoms with Crippen molar-refractivity contribution in [3.63, 3.8) is 0 Å². The molecule has 0 spiro atoms. The molecule has 1 atom stereocenters. The number of hydrogen-bond acceptors (Lipinski definition) is 3. The fourth-order valence-electron chi connectivity index (χ4n) is 1.95. The Morgan fingerprint density at radius 3 is 2.62 bits per heavy atom. The molecular formula is C12H23NOS2. The SMILES string of the molecule is CCN(CC)C(=O)CCCC[C@@H]1CCSS1. The van der Waals surface area contributed by atoms with Crippen LogP contribution in [-0.2, 0) is 4.79 Å². The molecule has 0 unspecified atom stereocenters. The van der Waals surface area contributed by atoms with E-state index in [0.717, 1.165) is 31.2 Å². The van der Waals surface area contributed by atoms with Crippen molar-refractivity contribution in [1.82, 2.24) is 4.90 Å². The zero-order valence-corrected chi connectivity index (χ0v) is 12.0. The number of rotatable bonds is 7. The van der Waals surface area contributed by atoms with Gasteiger partial charge < -0.3 is 4.90 Å². The van der Waals surface area contributed by atoms with Gasteiger partial charge in [0.25, 0.3) is 0 Å². The summed E-state index contributed by atoms with van der Waals surface area (Å²) in [7, 11) is 4.04. The largest absolute Gasteiger partial charge is 0.343 e. The summed E-state index contributed by atoms with van der Waals surface area (Å²) in [5.41, 5.74) is 0. The van der Waals surface area contributed by atoms with Crippen molar-refractivity contribution < 1.29 is 4.79 Å². The lowest BCUT2D eigenvalue weighted by Crippen LogP contribution is -2.30. The molecule has 1 amide bonds.